The first kappa shape index (κ1) is 26.7. The van der Waals surface area contributed by atoms with E-state index in [4.69, 9.17) is 5.41 Å². The molecular formula is C28H36N4O2. The number of anilines is 1. The molecule has 2 rings (SSSR count). The highest BCUT2D eigenvalue weighted by molar-refractivity contribution is 6.07. The van der Waals surface area contributed by atoms with E-state index in [0.29, 0.717) is 29.7 Å². The summed E-state index contributed by atoms with van der Waals surface area (Å²) < 4.78 is 0. The lowest BCUT2D eigenvalue weighted by atomic mass is 10.0. The number of hydrogen-bond acceptors (Lipinski definition) is 5. The Morgan fingerprint density at radius 1 is 1.00 bits per heavy atom. The van der Waals surface area contributed by atoms with E-state index < -0.39 is 0 Å². The number of aryl methyl sites for hydroxylation is 1. The largest absolute Gasteiger partial charge is 0.377 e. The molecule has 0 aliphatic heterocycles. The molecule has 0 unspecified atom stereocenters. The average molecular weight is 461 g/mol. The van der Waals surface area contributed by atoms with Gasteiger partial charge in [0.1, 0.15) is 0 Å². The summed E-state index contributed by atoms with van der Waals surface area (Å²) in [7, 11) is 0. The number of amides is 1. The standard InChI is InChI=1S/C28H36N4O2/c1-6-19(3)8-9-20(4)12-22-14-23(16-30-15-22)28(34)32-18-26(29)25-13-21(5)10-11-27(25)31-17-24(33)7-2/h8-11,13-16,29,31H,6-7,12,17-18H2,1-5H3,(H,32,34)/b19-8+,20-9+,29-26?. The lowest BCUT2D eigenvalue weighted by molar-refractivity contribution is -0.117. The van der Waals surface area contributed by atoms with E-state index in [1.54, 1.807) is 12.4 Å². The van der Waals surface area contributed by atoms with Gasteiger partial charge in [0.05, 0.1) is 24.4 Å². The van der Waals surface area contributed by atoms with Gasteiger partial charge in [0.2, 0.25) is 0 Å². The molecule has 2 aromatic rings. The number of aromatic nitrogens is 1. The summed E-state index contributed by atoms with van der Waals surface area (Å²) in [5, 5.41) is 14.5. The van der Waals surface area contributed by atoms with E-state index in [-0.39, 0.29) is 30.5 Å². The van der Waals surface area contributed by atoms with Crippen LogP contribution in [0.3, 0.4) is 0 Å². The molecule has 0 fully saturated rings. The van der Waals surface area contributed by atoms with Crippen LogP contribution in [-0.2, 0) is 11.2 Å². The van der Waals surface area contributed by atoms with Gasteiger partial charge < -0.3 is 16.0 Å². The fourth-order valence-corrected chi connectivity index (χ4v) is 3.24. The highest BCUT2D eigenvalue weighted by Crippen LogP contribution is 2.18. The summed E-state index contributed by atoms with van der Waals surface area (Å²) in [5.41, 5.74) is 6.59. The molecule has 0 saturated carbocycles. The van der Waals surface area contributed by atoms with Crippen molar-refractivity contribution in [1.82, 2.24) is 10.3 Å². The highest BCUT2D eigenvalue weighted by Gasteiger charge is 2.13. The number of rotatable bonds is 12. The van der Waals surface area contributed by atoms with Crippen LogP contribution in [0.15, 0.2) is 60.0 Å². The van der Waals surface area contributed by atoms with E-state index >= 15 is 0 Å². The Morgan fingerprint density at radius 2 is 1.74 bits per heavy atom. The number of allylic oxidation sites excluding steroid dienone is 4. The molecule has 0 atom stereocenters. The molecule has 0 aliphatic rings. The number of carbonyl (C=O) groups is 2. The van der Waals surface area contributed by atoms with Crippen LogP contribution in [0.25, 0.3) is 0 Å². The second-order valence-corrected chi connectivity index (χ2v) is 8.59. The van der Waals surface area contributed by atoms with Gasteiger partial charge in [0, 0.05) is 30.1 Å². The van der Waals surface area contributed by atoms with E-state index in [0.717, 1.165) is 17.5 Å². The zero-order valence-corrected chi connectivity index (χ0v) is 20.9. The van der Waals surface area contributed by atoms with Crippen molar-refractivity contribution in [2.75, 3.05) is 18.4 Å². The van der Waals surface area contributed by atoms with Crippen molar-refractivity contribution in [3.8, 4) is 0 Å². The topological polar surface area (TPSA) is 94.9 Å². The van der Waals surface area contributed by atoms with Crippen LogP contribution in [0, 0.1) is 12.3 Å². The monoisotopic (exact) mass is 460 g/mol. The van der Waals surface area contributed by atoms with Crippen LogP contribution in [0.2, 0.25) is 0 Å². The van der Waals surface area contributed by atoms with Crippen molar-refractivity contribution >= 4 is 23.1 Å². The molecule has 3 N–H and O–H groups in total. The molecule has 1 heterocycles. The molecule has 0 aliphatic carbocycles. The van der Waals surface area contributed by atoms with E-state index in [2.05, 4.69) is 48.5 Å². The zero-order valence-electron chi connectivity index (χ0n) is 20.9. The van der Waals surface area contributed by atoms with Gasteiger partial charge in [-0.1, -0.05) is 48.8 Å². The minimum Gasteiger partial charge on any atom is -0.377 e. The summed E-state index contributed by atoms with van der Waals surface area (Å²) in [5.74, 6) is -0.175. The van der Waals surface area contributed by atoms with Crippen LogP contribution < -0.4 is 10.6 Å². The lowest BCUT2D eigenvalue weighted by Gasteiger charge is -2.14. The third-order valence-electron chi connectivity index (χ3n) is 5.55. The molecule has 34 heavy (non-hydrogen) atoms. The Hall–Kier alpha value is -3.54. The van der Waals surface area contributed by atoms with E-state index in [1.807, 2.05) is 38.1 Å². The highest BCUT2D eigenvalue weighted by atomic mass is 16.1. The van der Waals surface area contributed by atoms with Crippen LogP contribution in [0.5, 0.6) is 0 Å². The quantitative estimate of drug-likeness (QED) is 0.291. The number of nitrogens with one attached hydrogen (secondary N) is 3. The van der Waals surface area contributed by atoms with Gasteiger partial charge in [0.15, 0.2) is 5.78 Å². The van der Waals surface area contributed by atoms with E-state index in [1.165, 1.54) is 11.1 Å². The molecule has 6 nitrogen and oxygen atoms in total. The second kappa shape index (κ2) is 13.2. The third kappa shape index (κ3) is 8.43. The molecule has 1 aromatic heterocycles. The molecular weight excluding hydrogens is 424 g/mol. The van der Waals surface area contributed by atoms with Crippen LogP contribution in [-0.4, -0.2) is 35.5 Å². The maximum Gasteiger partial charge on any atom is 0.253 e. The van der Waals surface area contributed by atoms with Crippen molar-refractivity contribution in [2.45, 2.75) is 53.9 Å². The first-order valence-corrected chi connectivity index (χ1v) is 11.7. The van der Waals surface area contributed by atoms with Gasteiger partial charge in [-0.05, 0) is 57.4 Å². The molecule has 0 spiro atoms. The number of carbonyl (C=O) groups excluding carboxylic acids is 2. The van der Waals surface area contributed by atoms with Gasteiger partial charge in [-0.25, -0.2) is 0 Å². The van der Waals surface area contributed by atoms with Gasteiger partial charge >= 0.3 is 0 Å². The molecule has 1 aromatic carbocycles. The Labute approximate surface area is 203 Å². The number of Topliss-reactive ketones (excluding diaryl/α,β-unsaturated/α-hetero) is 1. The van der Waals surface area contributed by atoms with Gasteiger partial charge in [-0.2, -0.15) is 0 Å². The zero-order chi connectivity index (χ0) is 25.1. The Balaban J connectivity index is 2.05. The van der Waals surface area contributed by atoms with Crippen molar-refractivity contribution in [3.63, 3.8) is 0 Å². The number of pyridine rings is 1. The molecule has 1 amide bonds. The maximum atomic E-state index is 12.7. The van der Waals surface area contributed by atoms with Crippen molar-refractivity contribution in [1.29, 1.82) is 5.41 Å². The predicted octanol–water partition coefficient (Wildman–Crippen LogP) is 5.42. The van der Waals surface area contributed by atoms with Crippen LogP contribution >= 0.6 is 0 Å². The first-order valence-electron chi connectivity index (χ1n) is 11.7. The second-order valence-electron chi connectivity index (χ2n) is 8.59. The summed E-state index contributed by atoms with van der Waals surface area (Å²) in [6, 6.07) is 7.53. The van der Waals surface area contributed by atoms with Gasteiger partial charge in [-0.15, -0.1) is 0 Å². The maximum absolute atomic E-state index is 12.7. The Bertz CT molecular complexity index is 1100. The van der Waals surface area contributed by atoms with Crippen LogP contribution in [0.1, 0.15) is 67.6 Å². The summed E-state index contributed by atoms with van der Waals surface area (Å²) >= 11 is 0. The number of benzene rings is 1. The SMILES string of the molecule is CCC(=O)CNc1ccc(C)cc1C(=N)CNC(=O)c1cncc(C/C(C)=C/C=C(\C)CC)c1. The molecule has 0 saturated heterocycles. The van der Waals surface area contributed by atoms with E-state index in [9.17, 15) is 9.59 Å². The number of nitrogens with zero attached hydrogens (tertiary/aromatic N) is 1. The smallest absolute Gasteiger partial charge is 0.253 e. The fourth-order valence-electron chi connectivity index (χ4n) is 3.24. The third-order valence-corrected chi connectivity index (χ3v) is 5.55. The normalized spacial score (nSPS) is 11.8. The molecule has 180 valence electrons. The fraction of sp³-hybridized carbons (Fsp3) is 0.357. The molecule has 0 bridgehead atoms. The van der Waals surface area contributed by atoms with Gasteiger partial charge in [0.25, 0.3) is 5.91 Å². The summed E-state index contributed by atoms with van der Waals surface area (Å²) in [6.07, 6.45) is 9.73. The summed E-state index contributed by atoms with van der Waals surface area (Å²) in [4.78, 5) is 28.7. The lowest BCUT2D eigenvalue weighted by Crippen LogP contribution is -2.30. The number of ketones is 1. The Kier molecular flexibility index (Phi) is 10.4. The molecule has 0 radical (unpaired) electrons. The average Bonchev–Trinajstić information content (AvgIpc) is 2.84. The minimum atomic E-state index is -0.272. The van der Waals surface area contributed by atoms with Crippen molar-refractivity contribution in [3.05, 3.63) is 82.2 Å². The molecule has 6 heteroatoms. The van der Waals surface area contributed by atoms with Crippen LogP contribution in [0.4, 0.5) is 5.69 Å². The minimum absolute atomic E-state index is 0.0724. The number of hydrogen-bond donors (Lipinski definition) is 3. The van der Waals surface area contributed by atoms with Crippen molar-refractivity contribution in [2.24, 2.45) is 0 Å². The van der Waals surface area contributed by atoms with Crippen molar-refractivity contribution < 1.29 is 9.59 Å². The predicted molar refractivity (Wildman–Crippen MR) is 140 cm³/mol. The Morgan fingerprint density at radius 3 is 2.44 bits per heavy atom. The summed E-state index contributed by atoms with van der Waals surface area (Å²) in [6.45, 7) is 10.4. The first-order chi connectivity index (χ1) is 16.2. The van der Waals surface area contributed by atoms with Gasteiger partial charge in [-0.3, -0.25) is 14.6 Å².